The van der Waals surface area contributed by atoms with E-state index in [4.69, 9.17) is 4.74 Å². The third-order valence-corrected chi connectivity index (χ3v) is 5.52. The Kier molecular flexibility index (Phi) is 6.20. The van der Waals surface area contributed by atoms with Gasteiger partial charge in [0.1, 0.15) is 5.75 Å². The van der Waals surface area contributed by atoms with E-state index in [1.807, 2.05) is 24.3 Å². The first kappa shape index (κ1) is 19.8. The van der Waals surface area contributed by atoms with Gasteiger partial charge in [-0.2, -0.15) is 0 Å². The number of para-hydroxylation sites is 1. The number of benzene rings is 2. The Morgan fingerprint density at radius 3 is 2.61 bits per heavy atom. The van der Waals surface area contributed by atoms with Crippen molar-refractivity contribution in [2.24, 2.45) is 0 Å². The Hall–Kier alpha value is -3.00. The van der Waals surface area contributed by atoms with Crippen molar-refractivity contribution in [3.63, 3.8) is 0 Å². The number of carbonyl (C=O) groups is 3. The number of thioether (sulfide) groups is 1. The van der Waals surface area contributed by atoms with Crippen molar-refractivity contribution in [3.8, 4) is 5.75 Å². The highest BCUT2D eigenvalue weighted by Crippen LogP contribution is 2.36. The van der Waals surface area contributed by atoms with Crippen LogP contribution in [0.25, 0.3) is 0 Å². The summed E-state index contributed by atoms with van der Waals surface area (Å²) in [4.78, 5) is 39.2. The van der Waals surface area contributed by atoms with E-state index >= 15 is 0 Å². The molecule has 2 N–H and O–H groups in total. The third-order valence-electron chi connectivity index (χ3n) is 4.25. The van der Waals surface area contributed by atoms with Crippen molar-refractivity contribution < 1.29 is 19.1 Å². The first-order chi connectivity index (χ1) is 13.5. The SMILES string of the molecule is COc1ccc(NC(=O)CN(C)C(=O)CC2Sc3ccccc3NC2=O)cc1. The molecule has 0 saturated carbocycles. The zero-order chi connectivity index (χ0) is 20.1. The molecule has 1 heterocycles. The molecule has 7 nitrogen and oxygen atoms in total. The minimum Gasteiger partial charge on any atom is -0.497 e. The van der Waals surface area contributed by atoms with Crippen molar-refractivity contribution in [2.75, 3.05) is 31.3 Å². The van der Waals surface area contributed by atoms with Crippen LogP contribution in [0.4, 0.5) is 11.4 Å². The fourth-order valence-corrected chi connectivity index (χ4v) is 3.82. The summed E-state index contributed by atoms with van der Waals surface area (Å²) in [5.74, 6) is -0.0905. The molecule has 8 heteroatoms. The molecule has 2 aromatic carbocycles. The number of hydrogen-bond acceptors (Lipinski definition) is 5. The topological polar surface area (TPSA) is 87.7 Å². The van der Waals surface area contributed by atoms with Crippen molar-refractivity contribution in [3.05, 3.63) is 48.5 Å². The molecule has 0 saturated heterocycles. The smallest absolute Gasteiger partial charge is 0.243 e. The number of nitrogens with zero attached hydrogens (tertiary/aromatic N) is 1. The summed E-state index contributed by atoms with van der Waals surface area (Å²) >= 11 is 1.36. The number of fused-ring (bicyclic) bond motifs is 1. The van der Waals surface area contributed by atoms with E-state index in [0.717, 1.165) is 10.6 Å². The zero-order valence-corrected chi connectivity index (χ0v) is 16.4. The molecule has 1 aliphatic rings. The first-order valence-electron chi connectivity index (χ1n) is 8.70. The summed E-state index contributed by atoms with van der Waals surface area (Å²) in [6.07, 6.45) is 0.0250. The van der Waals surface area contributed by atoms with Gasteiger partial charge in [0.2, 0.25) is 17.7 Å². The lowest BCUT2D eigenvalue weighted by atomic mass is 10.2. The van der Waals surface area contributed by atoms with Gasteiger partial charge in [0.25, 0.3) is 0 Å². The van der Waals surface area contributed by atoms with Crippen LogP contribution in [-0.2, 0) is 14.4 Å². The number of carbonyl (C=O) groups excluding carboxylic acids is 3. The molecule has 0 radical (unpaired) electrons. The molecule has 0 bridgehead atoms. The predicted octanol–water partition coefficient (Wildman–Crippen LogP) is 2.60. The minimum absolute atomic E-state index is 0.0250. The maximum atomic E-state index is 12.5. The molecule has 1 aliphatic heterocycles. The monoisotopic (exact) mass is 399 g/mol. The highest BCUT2D eigenvalue weighted by atomic mass is 32.2. The summed E-state index contributed by atoms with van der Waals surface area (Å²) in [7, 11) is 3.12. The standard InChI is InChI=1S/C20H21N3O4S/c1-23(12-18(24)21-13-7-9-14(27-2)10-8-13)19(25)11-17-20(26)22-15-5-3-4-6-16(15)28-17/h3-10,17H,11-12H2,1-2H3,(H,21,24)(H,22,26). The number of anilines is 2. The number of methoxy groups -OCH3 is 1. The summed E-state index contributed by atoms with van der Waals surface area (Å²) in [5.41, 5.74) is 1.37. The van der Waals surface area contributed by atoms with Crippen LogP contribution >= 0.6 is 11.8 Å². The van der Waals surface area contributed by atoms with Gasteiger partial charge in [-0.1, -0.05) is 12.1 Å². The molecular formula is C20H21N3O4S. The Bertz CT molecular complexity index is 885. The van der Waals surface area contributed by atoms with E-state index in [1.165, 1.54) is 16.7 Å². The van der Waals surface area contributed by atoms with Gasteiger partial charge < -0.3 is 20.3 Å². The molecule has 0 aromatic heterocycles. The van der Waals surface area contributed by atoms with Crippen molar-refractivity contribution in [2.45, 2.75) is 16.6 Å². The number of amides is 3. The molecule has 0 spiro atoms. The first-order valence-corrected chi connectivity index (χ1v) is 9.58. The second-order valence-electron chi connectivity index (χ2n) is 6.32. The van der Waals surface area contributed by atoms with Crippen molar-refractivity contribution in [1.29, 1.82) is 0 Å². The van der Waals surface area contributed by atoms with E-state index < -0.39 is 5.25 Å². The summed E-state index contributed by atoms with van der Waals surface area (Å²) in [5, 5.41) is 5.03. The molecular weight excluding hydrogens is 378 g/mol. The number of likely N-dealkylation sites (N-methyl/N-ethyl adjacent to an activating group) is 1. The lowest BCUT2D eigenvalue weighted by Crippen LogP contribution is -2.39. The largest absolute Gasteiger partial charge is 0.497 e. The van der Waals surface area contributed by atoms with Gasteiger partial charge in [0, 0.05) is 24.1 Å². The second-order valence-corrected chi connectivity index (χ2v) is 7.57. The van der Waals surface area contributed by atoms with Gasteiger partial charge in [-0.05, 0) is 36.4 Å². The number of hydrogen-bond donors (Lipinski definition) is 2. The predicted molar refractivity (Wildman–Crippen MR) is 109 cm³/mol. The van der Waals surface area contributed by atoms with Gasteiger partial charge in [-0.25, -0.2) is 0 Å². The fourth-order valence-electron chi connectivity index (χ4n) is 2.72. The Morgan fingerprint density at radius 1 is 1.18 bits per heavy atom. The molecule has 28 heavy (non-hydrogen) atoms. The summed E-state index contributed by atoms with van der Waals surface area (Å²) < 4.78 is 5.07. The normalized spacial score (nSPS) is 15.2. The number of nitrogens with one attached hydrogen (secondary N) is 2. The van der Waals surface area contributed by atoms with Crippen LogP contribution < -0.4 is 15.4 Å². The quantitative estimate of drug-likeness (QED) is 0.780. The molecule has 1 unspecified atom stereocenters. The van der Waals surface area contributed by atoms with Crippen LogP contribution in [0.3, 0.4) is 0 Å². The average Bonchev–Trinajstić information content (AvgIpc) is 2.69. The van der Waals surface area contributed by atoms with E-state index in [-0.39, 0.29) is 30.7 Å². The maximum absolute atomic E-state index is 12.5. The molecule has 3 amide bonds. The minimum atomic E-state index is -0.519. The van der Waals surface area contributed by atoms with Crippen LogP contribution in [0, 0.1) is 0 Å². The van der Waals surface area contributed by atoms with Crippen LogP contribution in [0.1, 0.15) is 6.42 Å². The van der Waals surface area contributed by atoms with E-state index in [1.54, 1.807) is 38.4 Å². The summed E-state index contributed by atoms with van der Waals surface area (Å²) in [6.45, 7) is -0.0968. The van der Waals surface area contributed by atoms with Crippen LogP contribution in [0.2, 0.25) is 0 Å². The van der Waals surface area contributed by atoms with E-state index in [0.29, 0.717) is 11.4 Å². The molecule has 1 atom stereocenters. The Morgan fingerprint density at radius 2 is 1.89 bits per heavy atom. The Labute approximate surface area is 167 Å². The lowest BCUT2D eigenvalue weighted by Gasteiger charge is -2.25. The van der Waals surface area contributed by atoms with E-state index in [2.05, 4.69) is 10.6 Å². The van der Waals surface area contributed by atoms with Crippen molar-refractivity contribution in [1.82, 2.24) is 4.90 Å². The van der Waals surface area contributed by atoms with Crippen LogP contribution in [0.15, 0.2) is 53.4 Å². The molecule has 2 aromatic rings. The van der Waals surface area contributed by atoms with Gasteiger partial charge in [-0.15, -0.1) is 11.8 Å². The third kappa shape index (κ3) is 4.83. The fraction of sp³-hybridized carbons (Fsp3) is 0.250. The van der Waals surface area contributed by atoms with Gasteiger partial charge in [-0.3, -0.25) is 14.4 Å². The number of ether oxygens (including phenoxy) is 1. The van der Waals surface area contributed by atoms with Gasteiger partial charge in [0.15, 0.2) is 0 Å². The van der Waals surface area contributed by atoms with E-state index in [9.17, 15) is 14.4 Å². The number of rotatable bonds is 6. The highest BCUT2D eigenvalue weighted by Gasteiger charge is 2.30. The lowest BCUT2D eigenvalue weighted by molar-refractivity contribution is -0.134. The molecule has 0 fully saturated rings. The Balaban J connectivity index is 1.52. The maximum Gasteiger partial charge on any atom is 0.243 e. The second kappa shape index (κ2) is 8.79. The molecule has 3 rings (SSSR count). The summed E-state index contributed by atoms with van der Waals surface area (Å²) in [6, 6.07) is 14.4. The van der Waals surface area contributed by atoms with Crippen LogP contribution in [0.5, 0.6) is 5.75 Å². The van der Waals surface area contributed by atoms with Gasteiger partial charge >= 0.3 is 0 Å². The molecule has 146 valence electrons. The molecule has 0 aliphatic carbocycles. The van der Waals surface area contributed by atoms with Crippen LogP contribution in [-0.4, -0.2) is 48.6 Å². The zero-order valence-electron chi connectivity index (χ0n) is 15.6. The highest BCUT2D eigenvalue weighted by molar-refractivity contribution is 8.01. The average molecular weight is 399 g/mol. The van der Waals surface area contributed by atoms with Crippen molar-refractivity contribution >= 4 is 40.9 Å². The van der Waals surface area contributed by atoms with Gasteiger partial charge in [0.05, 0.1) is 24.6 Å².